The Hall–Kier alpha value is -1.03. The van der Waals surface area contributed by atoms with Crippen LogP contribution >= 0.6 is 11.6 Å². The molecule has 2 aromatic rings. The van der Waals surface area contributed by atoms with Gasteiger partial charge in [-0.1, -0.05) is 18.0 Å². The number of aromatic nitrogens is 1. The van der Waals surface area contributed by atoms with Crippen molar-refractivity contribution in [3.05, 3.63) is 34.5 Å². The second-order valence-electron chi connectivity index (χ2n) is 7.29. The van der Waals surface area contributed by atoms with Crippen LogP contribution in [0.2, 0.25) is 5.02 Å². The number of hydrogen-bond acceptors (Lipinski definition) is 2. The Balaban J connectivity index is 1.48. The molecule has 1 aromatic carbocycles. The molecule has 0 unspecified atom stereocenters. The molecule has 1 saturated carbocycles. The van der Waals surface area contributed by atoms with Crippen LogP contribution in [0.25, 0.3) is 10.9 Å². The fourth-order valence-corrected chi connectivity index (χ4v) is 4.48. The molecule has 130 valence electrons. The average Bonchev–Trinajstić information content (AvgIpc) is 3.26. The van der Waals surface area contributed by atoms with Crippen molar-refractivity contribution in [3.8, 4) is 0 Å². The second-order valence-corrected chi connectivity index (χ2v) is 7.70. The fraction of sp³-hybridized carbons (Fsp3) is 0.600. The molecule has 3 nitrogen and oxygen atoms in total. The third-order valence-corrected chi connectivity index (χ3v) is 6.09. The van der Waals surface area contributed by atoms with Crippen LogP contribution in [0.1, 0.15) is 55.6 Å². The molecule has 2 fully saturated rings. The van der Waals surface area contributed by atoms with Crippen LogP contribution in [-0.4, -0.2) is 30.4 Å². The zero-order chi connectivity index (χ0) is 16.5. The Morgan fingerprint density at radius 3 is 3.00 bits per heavy atom. The van der Waals surface area contributed by atoms with Gasteiger partial charge in [0, 0.05) is 28.7 Å². The molecule has 1 saturated heterocycles. The highest BCUT2D eigenvalue weighted by Crippen LogP contribution is 2.39. The first-order chi connectivity index (χ1) is 11.7. The highest BCUT2D eigenvalue weighted by molar-refractivity contribution is 6.32. The Morgan fingerprint density at radius 2 is 2.17 bits per heavy atom. The van der Waals surface area contributed by atoms with Gasteiger partial charge in [0.2, 0.25) is 0 Å². The zero-order valence-electron chi connectivity index (χ0n) is 14.3. The van der Waals surface area contributed by atoms with E-state index in [1.54, 1.807) is 0 Å². The van der Waals surface area contributed by atoms with E-state index in [0.717, 1.165) is 31.1 Å². The maximum Gasteiger partial charge on any atom is 0.0809 e. The second kappa shape index (κ2) is 7.07. The van der Waals surface area contributed by atoms with E-state index < -0.39 is 0 Å². The van der Waals surface area contributed by atoms with E-state index in [1.807, 2.05) is 6.07 Å². The number of benzene rings is 1. The minimum Gasteiger partial charge on any atom is -0.376 e. The Morgan fingerprint density at radius 1 is 1.25 bits per heavy atom. The summed E-state index contributed by atoms with van der Waals surface area (Å²) in [6.07, 6.45) is 9.92. The SMILES string of the molecule is Cc1c(Cl)ccc2[nH]cc([C@@H]3CCC[C@H](OC[C@@H]4CCCO4)C3)c12. The van der Waals surface area contributed by atoms with Gasteiger partial charge in [0.1, 0.15) is 0 Å². The van der Waals surface area contributed by atoms with Crippen LogP contribution in [0.15, 0.2) is 18.3 Å². The fourth-order valence-electron chi connectivity index (χ4n) is 4.33. The molecule has 1 N–H and O–H groups in total. The zero-order valence-corrected chi connectivity index (χ0v) is 15.1. The first kappa shape index (κ1) is 16.4. The average molecular weight is 348 g/mol. The third-order valence-electron chi connectivity index (χ3n) is 5.68. The Kier molecular flexibility index (Phi) is 4.84. The number of aryl methyl sites for hydroxylation is 1. The Bertz CT molecular complexity index is 705. The summed E-state index contributed by atoms with van der Waals surface area (Å²) in [6, 6.07) is 4.07. The van der Waals surface area contributed by atoms with E-state index >= 15 is 0 Å². The number of aromatic amines is 1. The molecule has 2 aliphatic rings. The smallest absolute Gasteiger partial charge is 0.0809 e. The first-order valence-electron chi connectivity index (χ1n) is 9.21. The van der Waals surface area contributed by atoms with Gasteiger partial charge in [-0.05, 0) is 68.2 Å². The van der Waals surface area contributed by atoms with Gasteiger partial charge in [-0.2, -0.15) is 0 Å². The summed E-state index contributed by atoms with van der Waals surface area (Å²) >= 11 is 6.35. The summed E-state index contributed by atoms with van der Waals surface area (Å²) in [6.45, 7) is 3.78. The van der Waals surface area contributed by atoms with Gasteiger partial charge in [-0.3, -0.25) is 0 Å². The molecule has 0 spiro atoms. The highest BCUT2D eigenvalue weighted by Gasteiger charge is 2.27. The van der Waals surface area contributed by atoms with E-state index in [1.165, 1.54) is 47.7 Å². The van der Waals surface area contributed by atoms with Crippen LogP contribution in [0.5, 0.6) is 0 Å². The lowest BCUT2D eigenvalue weighted by molar-refractivity contribution is -0.0352. The summed E-state index contributed by atoms with van der Waals surface area (Å²) < 4.78 is 11.9. The predicted molar refractivity (Wildman–Crippen MR) is 98.0 cm³/mol. The molecule has 2 heterocycles. The molecule has 0 amide bonds. The lowest BCUT2D eigenvalue weighted by Gasteiger charge is -2.30. The van der Waals surface area contributed by atoms with Crippen LogP contribution in [-0.2, 0) is 9.47 Å². The van der Waals surface area contributed by atoms with E-state index in [0.29, 0.717) is 18.1 Å². The Labute approximate surface area is 148 Å². The number of H-pyrrole nitrogens is 1. The minimum atomic E-state index is 0.319. The van der Waals surface area contributed by atoms with Gasteiger partial charge in [0.25, 0.3) is 0 Å². The van der Waals surface area contributed by atoms with E-state index in [9.17, 15) is 0 Å². The van der Waals surface area contributed by atoms with Crippen molar-refractivity contribution in [2.24, 2.45) is 0 Å². The van der Waals surface area contributed by atoms with Gasteiger partial charge in [-0.15, -0.1) is 0 Å². The highest BCUT2D eigenvalue weighted by atomic mass is 35.5. The van der Waals surface area contributed by atoms with Crippen LogP contribution in [0.3, 0.4) is 0 Å². The summed E-state index contributed by atoms with van der Waals surface area (Å²) in [5.74, 6) is 0.555. The monoisotopic (exact) mass is 347 g/mol. The lowest BCUT2D eigenvalue weighted by Crippen LogP contribution is -2.26. The van der Waals surface area contributed by atoms with Crippen molar-refractivity contribution >= 4 is 22.5 Å². The number of nitrogens with one attached hydrogen (secondary N) is 1. The van der Waals surface area contributed by atoms with Crippen LogP contribution in [0.4, 0.5) is 0 Å². The lowest BCUT2D eigenvalue weighted by atomic mass is 9.82. The molecule has 4 heteroatoms. The van der Waals surface area contributed by atoms with Crippen molar-refractivity contribution < 1.29 is 9.47 Å². The summed E-state index contributed by atoms with van der Waals surface area (Å²) in [5, 5.41) is 2.16. The van der Waals surface area contributed by atoms with Crippen molar-refractivity contribution in [1.82, 2.24) is 4.98 Å². The van der Waals surface area contributed by atoms with Gasteiger partial charge in [0.15, 0.2) is 0 Å². The number of ether oxygens (including phenoxy) is 2. The normalized spacial score (nSPS) is 27.8. The maximum absolute atomic E-state index is 6.35. The molecule has 1 aromatic heterocycles. The summed E-state index contributed by atoms with van der Waals surface area (Å²) in [7, 11) is 0. The van der Waals surface area contributed by atoms with E-state index in [-0.39, 0.29) is 0 Å². The molecule has 1 aliphatic heterocycles. The minimum absolute atomic E-state index is 0.319. The molecule has 4 rings (SSSR count). The molecule has 0 radical (unpaired) electrons. The quantitative estimate of drug-likeness (QED) is 0.808. The largest absolute Gasteiger partial charge is 0.376 e. The number of halogens is 1. The predicted octanol–water partition coefficient (Wildman–Crippen LogP) is 5.35. The summed E-state index contributed by atoms with van der Waals surface area (Å²) in [4.78, 5) is 3.43. The topological polar surface area (TPSA) is 34.2 Å². The first-order valence-corrected chi connectivity index (χ1v) is 9.59. The van der Waals surface area contributed by atoms with Gasteiger partial charge in [-0.25, -0.2) is 0 Å². The molecule has 24 heavy (non-hydrogen) atoms. The maximum atomic E-state index is 6.35. The van der Waals surface area contributed by atoms with E-state index in [2.05, 4.69) is 24.2 Å². The van der Waals surface area contributed by atoms with Crippen molar-refractivity contribution in [2.45, 2.75) is 63.6 Å². The number of fused-ring (bicyclic) bond motifs is 1. The van der Waals surface area contributed by atoms with Gasteiger partial charge < -0.3 is 14.5 Å². The molecule has 1 aliphatic carbocycles. The van der Waals surface area contributed by atoms with Gasteiger partial charge >= 0.3 is 0 Å². The molecular formula is C20H26ClNO2. The van der Waals surface area contributed by atoms with Crippen LogP contribution in [0, 0.1) is 6.92 Å². The van der Waals surface area contributed by atoms with Crippen molar-refractivity contribution in [1.29, 1.82) is 0 Å². The standard InChI is InChI=1S/C20H26ClNO2/c1-13-18(21)7-8-19-20(13)17(11-22-19)14-4-2-5-15(10-14)24-12-16-6-3-9-23-16/h7-8,11,14-16,22H,2-6,9-10,12H2,1H3/t14-,15+,16+/m1/s1. The molecular weight excluding hydrogens is 322 g/mol. The van der Waals surface area contributed by atoms with Crippen molar-refractivity contribution in [2.75, 3.05) is 13.2 Å². The van der Waals surface area contributed by atoms with Gasteiger partial charge in [0.05, 0.1) is 18.8 Å². The third kappa shape index (κ3) is 3.22. The molecule has 3 atom stereocenters. The van der Waals surface area contributed by atoms with Crippen molar-refractivity contribution in [3.63, 3.8) is 0 Å². The molecule has 0 bridgehead atoms. The van der Waals surface area contributed by atoms with Crippen LogP contribution < -0.4 is 0 Å². The number of rotatable bonds is 4. The number of hydrogen-bond donors (Lipinski definition) is 1. The summed E-state index contributed by atoms with van der Waals surface area (Å²) in [5.41, 5.74) is 3.79. The van der Waals surface area contributed by atoms with E-state index in [4.69, 9.17) is 21.1 Å².